The highest BCUT2D eigenvalue weighted by Gasteiger charge is 2.31. The molecule has 1 aliphatic heterocycles. The number of aliphatic hydroxyl groups excluding tert-OH is 2. The highest BCUT2D eigenvalue weighted by molar-refractivity contribution is 6.32. The first-order valence-corrected chi connectivity index (χ1v) is 8.20. The van der Waals surface area contributed by atoms with Gasteiger partial charge in [-0.2, -0.15) is 0 Å². The first-order valence-electron chi connectivity index (χ1n) is 7.82. The molecule has 1 saturated heterocycles. The van der Waals surface area contributed by atoms with E-state index in [1.165, 1.54) is 0 Å². The van der Waals surface area contributed by atoms with Crippen molar-refractivity contribution in [2.24, 2.45) is 5.41 Å². The van der Waals surface area contributed by atoms with E-state index in [0.717, 1.165) is 31.5 Å². The normalized spacial score (nSPS) is 24.2. The lowest BCUT2D eigenvalue weighted by molar-refractivity contribution is 0.0101. The maximum atomic E-state index is 10.2. The molecule has 22 heavy (non-hydrogen) atoms. The Labute approximate surface area is 137 Å². The third-order valence-electron chi connectivity index (χ3n) is 4.23. The SMILES string of the molecule is Cc1ccc(Cl)c(OC[C@@H](O)CN2CCC[C@](C)(CO)C2)c1. The molecular weight excluding hydrogens is 302 g/mol. The predicted octanol–water partition coefficient (Wildman–Crippen LogP) is 2.48. The lowest BCUT2D eigenvalue weighted by Gasteiger charge is -2.40. The van der Waals surface area contributed by atoms with Gasteiger partial charge in [-0.1, -0.05) is 24.6 Å². The standard InChI is InChI=1S/C17H26ClNO3/c1-13-4-5-15(18)16(8-13)22-10-14(21)9-19-7-3-6-17(2,11-19)12-20/h4-5,8,14,20-21H,3,6-7,9-12H2,1-2H3/t14-,17-/m0/s1. The van der Waals surface area contributed by atoms with Crippen LogP contribution in [0.2, 0.25) is 5.02 Å². The zero-order valence-corrected chi connectivity index (χ0v) is 14.1. The lowest BCUT2D eigenvalue weighted by Crippen LogP contribution is -2.47. The molecule has 0 aromatic heterocycles. The van der Waals surface area contributed by atoms with Crippen molar-refractivity contribution in [3.8, 4) is 5.75 Å². The second-order valence-corrected chi connectivity index (χ2v) is 7.11. The van der Waals surface area contributed by atoms with Crippen LogP contribution in [0.4, 0.5) is 0 Å². The third-order valence-corrected chi connectivity index (χ3v) is 4.54. The zero-order chi connectivity index (χ0) is 16.2. The van der Waals surface area contributed by atoms with E-state index in [-0.39, 0.29) is 18.6 Å². The van der Waals surface area contributed by atoms with Gasteiger partial charge in [-0.05, 0) is 44.0 Å². The zero-order valence-electron chi connectivity index (χ0n) is 13.4. The molecule has 0 radical (unpaired) electrons. The maximum Gasteiger partial charge on any atom is 0.138 e. The van der Waals surface area contributed by atoms with Crippen molar-refractivity contribution in [1.29, 1.82) is 0 Å². The van der Waals surface area contributed by atoms with Crippen molar-refractivity contribution >= 4 is 11.6 Å². The first kappa shape index (κ1) is 17.5. The molecule has 1 aromatic carbocycles. The van der Waals surface area contributed by atoms with Crippen LogP contribution in [0.15, 0.2) is 18.2 Å². The van der Waals surface area contributed by atoms with Gasteiger partial charge >= 0.3 is 0 Å². The molecule has 0 aliphatic carbocycles. The minimum atomic E-state index is -0.572. The average Bonchev–Trinajstić information content (AvgIpc) is 2.48. The largest absolute Gasteiger partial charge is 0.489 e. The lowest BCUT2D eigenvalue weighted by atomic mass is 9.83. The van der Waals surface area contributed by atoms with Crippen LogP contribution in [0, 0.1) is 12.3 Å². The summed E-state index contributed by atoms with van der Waals surface area (Å²) >= 11 is 6.08. The van der Waals surface area contributed by atoms with E-state index >= 15 is 0 Å². The quantitative estimate of drug-likeness (QED) is 0.843. The second kappa shape index (κ2) is 7.64. The van der Waals surface area contributed by atoms with E-state index < -0.39 is 6.10 Å². The van der Waals surface area contributed by atoms with Crippen molar-refractivity contribution in [3.05, 3.63) is 28.8 Å². The van der Waals surface area contributed by atoms with Gasteiger partial charge in [-0.3, -0.25) is 0 Å². The molecule has 2 atom stereocenters. The number of piperidine rings is 1. The number of aryl methyl sites for hydroxylation is 1. The highest BCUT2D eigenvalue weighted by Crippen LogP contribution is 2.29. The van der Waals surface area contributed by atoms with Crippen LogP contribution in [0.1, 0.15) is 25.3 Å². The van der Waals surface area contributed by atoms with Crippen molar-refractivity contribution in [3.63, 3.8) is 0 Å². The Balaban J connectivity index is 1.83. The van der Waals surface area contributed by atoms with Gasteiger partial charge < -0.3 is 19.8 Å². The van der Waals surface area contributed by atoms with Gasteiger partial charge in [0.05, 0.1) is 5.02 Å². The Bertz CT molecular complexity index is 497. The van der Waals surface area contributed by atoms with Crippen LogP contribution in [-0.4, -0.2) is 54.1 Å². The average molecular weight is 328 g/mol. The molecule has 4 nitrogen and oxygen atoms in total. The van der Waals surface area contributed by atoms with Gasteiger partial charge in [-0.25, -0.2) is 0 Å². The number of rotatable bonds is 6. The summed E-state index contributed by atoms with van der Waals surface area (Å²) in [4.78, 5) is 2.20. The molecule has 0 saturated carbocycles. The molecule has 0 unspecified atom stereocenters. The van der Waals surface area contributed by atoms with Gasteiger partial charge in [0, 0.05) is 25.1 Å². The summed E-state index contributed by atoms with van der Waals surface area (Å²) in [6.07, 6.45) is 1.51. The molecule has 124 valence electrons. The van der Waals surface area contributed by atoms with Crippen molar-refractivity contribution in [1.82, 2.24) is 4.90 Å². The predicted molar refractivity (Wildman–Crippen MR) is 88.6 cm³/mol. The Morgan fingerprint density at radius 2 is 2.23 bits per heavy atom. The molecule has 1 heterocycles. The second-order valence-electron chi connectivity index (χ2n) is 6.71. The molecular formula is C17H26ClNO3. The first-order chi connectivity index (χ1) is 10.4. The number of benzene rings is 1. The van der Waals surface area contributed by atoms with Gasteiger partial charge in [0.2, 0.25) is 0 Å². The molecule has 2 rings (SSSR count). The highest BCUT2D eigenvalue weighted by atomic mass is 35.5. The summed E-state index contributed by atoms with van der Waals surface area (Å²) in [7, 11) is 0. The van der Waals surface area contributed by atoms with Gasteiger partial charge in [0.1, 0.15) is 18.5 Å². The number of ether oxygens (including phenoxy) is 1. The van der Waals surface area contributed by atoms with E-state index in [1.54, 1.807) is 6.07 Å². The van der Waals surface area contributed by atoms with Gasteiger partial charge in [0.15, 0.2) is 0 Å². The van der Waals surface area contributed by atoms with Crippen LogP contribution in [0.25, 0.3) is 0 Å². The van der Waals surface area contributed by atoms with Crippen molar-refractivity contribution < 1.29 is 14.9 Å². The fraction of sp³-hybridized carbons (Fsp3) is 0.647. The summed E-state index contributed by atoms with van der Waals surface area (Å²) in [5.74, 6) is 0.611. The Morgan fingerprint density at radius 1 is 1.45 bits per heavy atom. The number of hydrogen-bond donors (Lipinski definition) is 2. The molecule has 1 aromatic rings. The summed E-state index contributed by atoms with van der Waals surface area (Å²) < 4.78 is 5.64. The van der Waals surface area contributed by atoms with E-state index in [1.807, 2.05) is 19.1 Å². The molecule has 1 fully saturated rings. The Morgan fingerprint density at radius 3 is 2.95 bits per heavy atom. The number of halogens is 1. The van der Waals surface area contributed by atoms with Crippen molar-refractivity contribution in [2.45, 2.75) is 32.8 Å². The van der Waals surface area contributed by atoms with Crippen LogP contribution in [0.5, 0.6) is 5.75 Å². The Kier molecular flexibility index (Phi) is 6.09. The summed E-state index contributed by atoms with van der Waals surface area (Å²) in [5.41, 5.74) is 1.02. The summed E-state index contributed by atoms with van der Waals surface area (Å²) in [5, 5.41) is 20.2. The number of aliphatic hydroxyl groups is 2. The van der Waals surface area contributed by atoms with E-state index in [0.29, 0.717) is 17.3 Å². The van der Waals surface area contributed by atoms with E-state index in [2.05, 4.69) is 11.8 Å². The molecule has 0 amide bonds. The number of hydrogen-bond acceptors (Lipinski definition) is 4. The molecule has 5 heteroatoms. The minimum absolute atomic E-state index is 0.0569. The fourth-order valence-corrected chi connectivity index (χ4v) is 3.14. The molecule has 1 aliphatic rings. The Hall–Kier alpha value is -0.810. The number of nitrogens with zero attached hydrogens (tertiary/aromatic N) is 1. The van der Waals surface area contributed by atoms with Crippen LogP contribution in [0.3, 0.4) is 0 Å². The molecule has 0 spiro atoms. The fourth-order valence-electron chi connectivity index (χ4n) is 2.97. The van der Waals surface area contributed by atoms with Crippen LogP contribution in [-0.2, 0) is 0 Å². The smallest absolute Gasteiger partial charge is 0.138 e. The summed E-state index contributed by atoms with van der Waals surface area (Å²) in [6.45, 7) is 6.80. The number of β-amino-alcohol motifs (C(OH)–C–C–N with tert-alkyl or cyclic N) is 1. The number of likely N-dealkylation sites (tertiary alicyclic amines) is 1. The minimum Gasteiger partial charge on any atom is -0.489 e. The summed E-state index contributed by atoms with van der Waals surface area (Å²) in [6, 6.07) is 5.60. The van der Waals surface area contributed by atoms with Crippen molar-refractivity contribution in [2.75, 3.05) is 32.8 Å². The maximum absolute atomic E-state index is 10.2. The van der Waals surface area contributed by atoms with E-state index in [9.17, 15) is 10.2 Å². The monoisotopic (exact) mass is 327 g/mol. The van der Waals surface area contributed by atoms with Crippen LogP contribution >= 0.6 is 11.6 Å². The molecule has 2 N–H and O–H groups in total. The van der Waals surface area contributed by atoms with E-state index in [4.69, 9.17) is 16.3 Å². The molecule has 0 bridgehead atoms. The topological polar surface area (TPSA) is 52.9 Å². The van der Waals surface area contributed by atoms with Crippen LogP contribution < -0.4 is 4.74 Å². The third kappa shape index (κ3) is 4.85. The van der Waals surface area contributed by atoms with Gasteiger partial charge in [0.25, 0.3) is 0 Å². The van der Waals surface area contributed by atoms with Gasteiger partial charge in [-0.15, -0.1) is 0 Å².